The highest BCUT2D eigenvalue weighted by Gasteiger charge is 2.25. The van der Waals surface area contributed by atoms with Crippen molar-refractivity contribution in [1.82, 2.24) is 9.55 Å². The second-order valence-electron chi connectivity index (χ2n) is 10.2. The topological polar surface area (TPSA) is 94.5 Å². The molecule has 39 heavy (non-hydrogen) atoms. The number of carbonyl (C=O) groups is 2. The van der Waals surface area contributed by atoms with Crippen LogP contribution in [0.15, 0.2) is 55.0 Å². The molecule has 9 heteroatoms. The Morgan fingerprint density at radius 3 is 2.36 bits per heavy atom. The molecule has 4 aromatic rings. The van der Waals surface area contributed by atoms with E-state index >= 15 is 0 Å². The van der Waals surface area contributed by atoms with Crippen molar-refractivity contribution < 1.29 is 19.1 Å². The van der Waals surface area contributed by atoms with Crippen LogP contribution in [0.5, 0.6) is 5.75 Å². The van der Waals surface area contributed by atoms with Crippen LogP contribution in [0, 0.1) is 13.8 Å². The molecule has 0 aliphatic heterocycles. The summed E-state index contributed by atoms with van der Waals surface area (Å²) in [5.74, 6) is 0.168. The maximum Gasteiger partial charge on any atom is 0.341 e. The zero-order valence-electron chi connectivity index (χ0n) is 23.3. The summed E-state index contributed by atoms with van der Waals surface area (Å²) in [6, 6.07) is 13.1. The molecule has 0 unspecified atom stereocenters. The van der Waals surface area contributed by atoms with E-state index in [4.69, 9.17) is 9.47 Å². The van der Waals surface area contributed by atoms with Crippen LogP contribution in [-0.4, -0.2) is 35.3 Å². The van der Waals surface area contributed by atoms with Gasteiger partial charge in [-0.3, -0.25) is 5.32 Å². The number of aryl methyl sites for hydroxylation is 1. The van der Waals surface area contributed by atoms with Crippen molar-refractivity contribution in [3.63, 3.8) is 0 Å². The molecule has 2 N–H and O–H groups in total. The lowest BCUT2D eigenvalue weighted by Gasteiger charge is -2.19. The van der Waals surface area contributed by atoms with Crippen molar-refractivity contribution in [2.75, 3.05) is 24.4 Å². The van der Waals surface area contributed by atoms with E-state index < -0.39 is 12.0 Å². The van der Waals surface area contributed by atoms with E-state index in [1.807, 2.05) is 67.1 Å². The highest BCUT2D eigenvalue weighted by molar-refractivity contribution is 7.20. The second kappa shape index (κ2) is 11.3. The number of benzene rings is 2. The third-order valence-corrected chi connectivity index (χ3v) is 7.55. The number of imidazole rings is 1. The number of urea groups is 1. The molecule has 0 saturated heterocycles. The van der Waals surface area contributed by atoms with Crippen molar-refractivity contribution in [2.45, 2.75) is 47.0 Å². The first-order valence-electron chi connectivity index (χ1n) is 12.7. The number of hydrogen-bond donors (Lipinski definition) is 2. The molecule has 2 heterocycles. The molecule has 0 aliphatic carbocycles. The average Bonchev–Trinajstić information content (AvgIpc) is 3.46. The number of aromatic nitrogens is 2. The summed E-state index contributed by atoms with van der Waals surface area (Å²) >= 11 is 1.32. The van der Waals surface area contributed by atoms with Gasteiger partial charge in [0.15, 0.2) is 0 Å². The number of thiophene rings is 1. The van der Waals surface area contributed by atoms with Crippen molar-refractivity contribution in [3.05, 3.63) is 77.4 Å². The summed E-state index contributed by atoms with van der Waals surface area (Å²) < 4.78 is 12.9. The van der Waals surface area contributed by atoms with Gasteiger partial charge in [-0.2, -0.15) is 0 Å². The van der Waals surface area contributed by atoms with Gasteiger partial charge in [-0.25, -0.2) is 14.6 Å². The van der Waals surface area contributed by atoms with Crippen LogP contribution in [-0.2, 0) is 10.2 Å². The monoisotopic (exact) mass is 546 g/mol. The fourth-order valence-corrected chi connectivity index (χ4v) is 5.42. The summed E-state index contributed by atoms with van der Waals surface area (Å²) in [6.45, 7) is 12.2. The number of ether oxygens (including phenoxy) is 2. The van der Waals surface area contributed by atoms with Gasteiger partial charge in [0.05, 0.1) is 37.0 Å². The zero-order chi connectivity index (χ0) is 28.3. The molecular weight excluding hydrogens is 512 g/mol. The quantitative estimate of drug-likeness (QED) is 0.236. The van der Waals surface area contributed by atoms with Gasteiger partial charge in [0.2, 0.25) is 0 Å². The Hall–Kier alpha value is -4.11. The molecule has 0 aliphatic rings. The van der Waals surface area contributed by atoms with Gasteiger partial charge in [0.25, 0.3) is 0 Å². The SMILES string of the molecule is CCOC(=O)c1c(NC(=O)Nc2ccc(C(C)(C)C)cc2)sc(-c2ccc(-n3cnc(C)c3)c(OC)c2)c1C. The first-order valence-corrected chi connectivity index (χ1v) is 13.5. The molecule has 2 aromatic carbocycles. The molecule has 8 nitrogen and oxygen atoms in total. The van der Waals surface area contributed by atoms with Crippen LogP contribution in [0.3, 0.4) is 0 Å². The van der Waals surface area contributed by atoms with Crippen LogP contribution in [0.4, 0.5) is 15.5 Å². The van der Waals surface area contributed by atoms with E-state index in [0.717, 1.165) is 27.4 Å². The summed E-state index contributed by atoms with van der Waals surface area (Å²) in [4.78, 5) is 31.0. The third kappa shape index (κ3) is 6.15. The minimum absolute atomic E-state index is 0.0127. The van der Waals surface area contributed by atoms with E-state index in [1.165, 1.54) is 16.9 Å². The van der Waals surface area contributed by atoms with Crippen LogP contribution >= 0.6 is 11.3 Å². The Morgan fingerprint density at radius 1 is 1.05 bits per heavy atom. The van der Waals surface area contributed by atoms with Gasteiger partial charge in [-0.05, 0) is 67.1 Å². The number of rotatable bonds is 7. The predicted molar refractivity (Wildman–Crippen MR) is 157 cm³/mol. The first-order chi connectivity index (χ1) is 18.5. The molecule has 0 radical (unpaired) electrons. The number of esters is 1. The lowest BCUT2D eigenvalue weighted by Crippen LogP contribution is -2.20. The van der Waals surface area contributed by atoms with E-state index in [-0.39, 0.29) is 12.0 Å². The maximum absolute atomic E-state index is 13.0. The normalized spacial score (nSPS) is 11.3. The lowest BCUT2D eigenvalue weighted by atomic mass is 9.87. The lowest BCUT2D eigenvalue weighted by molar-refractivity contribution is 0.0527. The number of amides is 2. The molecule has 2 aromatic heterocycles. The Kier molecular flexibility index (Phi) is 8.11. The average molecular weight is 547 g/mol. The largest absolute Gasteiger partial charge is 0.495 e. The molecule has 0 fully saturated rings. The predicted octanol–water partition coefficient (Wildman–Crippen LogP) is 7.34. The minimum Gasteiger partial charge on any atom is -0.495 e. The van der Waals surface area contributed by atoms with Gasteiger partial charge in [0.1, 0.15) is 10.8 Å². The fourth-order valence-electron chi connectivity index (χ4n) is 4.23. The number of nitrogens with zero attached hydrogens (tertiary/aromatic N) is 2. The molecule has 204 valence electrons. The van der Waals surface area contributed by atoms with Crippen molar-refractivity contribution in [3.8, 4) is 21.9 Å². The van der Waals surface area contributed by atoms with Crippen LogP contribution < -0.4 is 15.4 Å². The van der Waals surface area contributed by atoms with E-state index in [1.54, 1.807) is 20.4 Å². The van der Waals surface area contributed by atoms with Crippen LogP contribution in [0.2, 0.25) is 0 Å². The van der Waals surface area contributed by atoms with Gasteiger partial charge >= 0.3 is 12.0 Å². The smallest absolute Gasteiger partial charge is 0.341 e. The van der Waals surface area contributed by atoms with Crippen LogP contribution in [0.1, 0.15) is 54.9 Å². The van der Waals surface area contributed by atoms with E-state index in [2.05, 4.69) is 36.4 Å². The highest BCUT2D eigenvalue weighted by Crippen LogP contribution is 2.42. The van der Waals surface area contributed by atoms with E-state index in [9.17, 15) is 9.59 Å². The summed E-state index contributed by atoms with van der Waals surface area (Å²) in [5.41, 5.74) is 5.48. The Morgan fingerprint density at radius 2 is 1.77 bits per heavy atom. The number of nitrogens with one attached hydrogen (secondary N) is 2. The van der Waals surface area contributed by atoms with Gasteiger partial charge in [-0.1, -0.05) is 39.0 Å². The molecule has 4 rings (SSSR count). The van der Waals surface area contributed by atoms with E-state index in [0.29, 0.717) is 22.0 Å². The Labute approximate surface area is 233 Å². The molecule has 0 atom stereocenters. The number of anilines is 2. The molecule has 0 bridgehead atoms. The Balaban J connectivity index is 1.65. The van der Waals surface area contributed by atoms with Gasteiger partial charge in [0, 0.05) is 16.8 Å². The van der Waals surface area contributed by atoms with Crippen molar-refractivity contribution in [2.24, 2.45) is 0 Å². The molecule has 0 saturated carbocycles. The Bertz CT molecular complexity index is 1500. The first kappa shape index (κ1) is 27.9. The molecule has 0 spiro atoms. The molecule has 2 amide bonds. The van der Waals surface area contributed by atoms with Crippen molar-refractivity contribution in [1.29, 1.82) is 0 Å². The summed E-state index contributed by atoms with van der Waals surface area (Å²) in [7, 11) is 1.61. The zero-order valence-corrected chi connectivity index (χ0v) is 24.2. The van der Waals surface area contributed by atoms with Crippen molar-refractivity contribution >= 4 is 34.0 Å². The highest BCUT2D eigenvalue weighted by atomic mass is 32.1. The standard InChI is InChI=1S/C30H34N4O4S/c1-8-38-28(35)25-19(3)26(20-9-14-23(24(15-20)37-7)34-16-18(2)31-17-34)39-27(25)33-29(36)32-22-12-10-21(11-13-22)30(4,5)6/h9-17H,8H2,1-7H3,(H2,32,33,36). The third-order valence-electron chi connectivity index (χ3n) is 6.29. The number of carbonyl (C=O) groups excluding carboxylic acids is 2. The van der Waals surface area contributed by atoms with Gasteiger partial charge in [-0.15, -0.1) is 11.3 Å². The minimum atomic E-state index is -0.486. The second-order valence-corrected chi connectivity index (χ2v) is 11.2. The van der Waals surface area contributed by atoms with Crippen LogP contribution in [0.25, 0.3) is 16.1 Å². The van der Waals surface area contributed by atoms with Gasteiger partial charge < -0.3 is 19.4 Å². The summed E-state index contributed by atoms with van der Waals surface area (Å²) in [5, 5.41) is 6.14. The fraction of sp³-hybridized carbons (Fsp3) is 0.300. The number of methoxy groups -OCH3 is 1. The maximum atomic E-state index is 13.0. The number of hydrogen-bond acceptors (Lipinski definition) is 6. The molecular formula is C30H34N4O4S. The summed E-state index contributed by atoms with van der Waals surface area (Å²) in [6.07, 6.45) is 3.66.